The smallest absolute Gasteiger partial charge is 0.143 e. The van der Waals surface area contributed by atoms with Gasteiger partial charge in [0.1, 0.15) is 11.2 Å². The second kappa shape index (κ2) is 12.4. The molecule has 272 valence electrons. The van der Waals surface area contributed by atoms with Crippen molar-refractivity contribution in [3.63, 3.8) is 0 Å². The second-order valence-corrected chi connectivity index (χ2v) is 16.3. The van der Waals surface area contributed by atoms with Crippen molar-refractivity contribution in [2.45, 2.75) is 19.3 Å². The van der Waals surface area contributed by atoms with Crippen LogP contribution in [0.1, 0.15) is 25.0 Å². The summed E-state index contributed by atoms with van der Waals surface area (Å²) in [5.74, 6) is 0. The molecule has 0 aliphatic heterocycles. The minimum Gasteiger partial charge on any atom is -0.455 e. The van der Waals surface area contributed by atoms with Crippen LogP contribution in [0.5, 0.6) is 0 Å². The quantitative estimate of drug-likeness (QED) is 0.164. The first-order valence-electron chi connectivity index (χ1n) is 20.3. The Hall–Kier alpha value is -7.22. The van der Waals surface area contributed by atoms with Gasteiger partial charge in [0.25, 0.3) is 0 Å². The minimum absolute atomic E-state index is 0.100. The number of para-hydroxylation sites is 2. The summed E-state index contributed by atoms with van der Waals surface area (Å²) in [6.45, 7) is 4.75. The number of furan rings is 1. The predicted molar refractivity (Wildman–Crippen MR) is 246 cm³/mol. The maximum Gasteiger partial charge on any atom is 0.143 e. The molecule has 1 aromatic heterocycles. The van der Waals surface area contributed by atoms with Gasteiger partial charge in [0.2, 0.25) is 0 Å². The lowest BCUT2D eigenvalue weighted by molar-refractivity contribution is 0.661. The van der Waals surface area contributed by atoms with Crippen LogP contribution in [0.25, 0.3) is 110 Å². The van der Waals surface area contributed by atoms with Gasteiger partial charge in [0.15, 0.2) is 0 Å². The first kappa shape index (κ1) is 33.0. The summed E-state index contributed by atoms with van der Waals surface area (Å²) >= 11 is 0. The molecular weight excluding hydrogens is 701 g/mol. The molecule has 1 aliphatic rings. The Morgan fingerprint density at radius 3 is 1.64 bits per heavy atom. The van der Waals surface area contributed by atoms with Gasteiger partial charge in [-0.25, -0.2) is 0 Å². The monoisotopic (exact) mass is 738 g/mol. The van der Waals surface area contributed by atoms with Gasteiger partial charge in [-0.2, -0.15) is 0 Å². The molecular formula is C57H38O. The summed E-state index contributed by atoms with van der Waals surface area (Å²) in [5.41, 5.74) is 16.9. The lowest BCUT2D eigenvalue weighted by Gasteiger charge is -2.22. The molecule has 10 aromatic carbocycles. The van der Waals surface area contributed by atoms with Crippen LogP contribution in [-0.4, -0.2) is 0 Å². The molecule has 1 heteroatoms. The van der Waals surface area contributed by atoms with E-state index in [1.54, 1.807) is 0 Å². The van der Waals surface area contributed by atoms with E-state index in [1.807, 2.05) is 6.07 Å². The summed E-state index contributed by atoms with van der Waals surface area (Å²) < 4.78 is 6.61. The molecule has 12 rings (SSSR count). The fourth-order valence-corrected chi connectivity index (χ4v) is 10.3. The van der Waals surface area contributed by atoms with E-state index >= 15 is 0 Å². The molecule has 0 N–H and O–H groups in total. The van der Waals surface area contributed by atoms with Crippen molar-refractivity contribution in [3.8, 4) is 55.6 Å². The Kier molecular flexibility index (Phi) is 7.04. The predicted octanol–water partition coefficient (Wildman–Crippen LogP) is 16.0. The largest absolute Gasteiger partial charge is 0.455 e. The van der Waals surface area contributed by atoms with Crippen LogP contribution in [0, 0.1) is 0 Å². The molecule has 1 aliphatic carbocycles. The Bertz CT molecular complexity index is 3430. The van der Waals surface area contributed by atoms with E-state index in [0.29, 0.717) is 0 Å². The van der Waals surface area contributed by atoms with Gasteiger partial charge in [-0.15, -0.1) is 0 Å². The van der Waals surface area contributed by atoms with Gasteiger partial charge in [0, 0.05) is 21.8 Å². The van der Waals surface area contributed by atoms with E-state index in [4.69, 9.17) is 4.42 Å². The highest BCUT2D eigenvalue weighted by Crippen LogP contribution is 2.55. The molecule has 0 saturated carbocycles. The fourth-order valence-electron chi connectivity index (χ4n) is 10.3. The van der Waals surface area contributed by atoms with E-state index < -0.39 is 0 Å². The molecule has 1 nitrogen and oxygen atoms in total. The highest BCUT2D eigenvalue weighted by Gasteiger charge is 2.38. The lowest BCUT2D eigenvalue weighted by atomic mass is 9.81. The Morgan fingerprint density at radius 1 is 0.328 bits per heavy atom. The first-order chi connectivity index (χ1) is 28.6. The molecule has 0 fully saturated rings. The first-order valence-corrected chi connectivity index (χ1v) is 20.3. The van der Waals surface area contributed by atoms with Crippen molar-refractivity contribution in [2.24, 2.45) is 0 Å². The number of fused-ring (bicyclic) bond motifs is 10. The number of hydrogen-bond donors (Lipinski definition) is 0. The van der Waals surface area contributed by atoms with E-state index in [0.717, 1.165) is 33.1 Å². The summed E-state index contributed by atoms with van der Waals surface area (Å²) in [4.78, 5) is 0. The van der Waals surface area contributed by atoms with E-state index in [-0.39, 0.29) is 5.41 Å². The topological polar surface area (TPSA) is 13.1 Å². The van der Waals surface area contributed by atoms with E-state index in [1.165, 1.54) is 88.0 Å². The van der Waals surface area contributed by atoms with Crippen molar-refractivity contribution < 1.29 is 4.42 Å². The molecule has 58 heavy (non-hydrogen) atoms. The molecule has 0 atom stereocenters. The average molecular weight is 739 g/mol. The average Bonchev–Trinajstić information content (AvgIpc) is 3.77. The van der Waals surface area contributed by atoms with Crippen molar-refractivity contribution in [3.05, 3.63) is 205 Å². The molecule has 0 saturated heterocycles. The van der Waals surface area contributed by atoms with Crippen LogP contribution in [0.15, 0.2) is 199 Å². The van der Waals surface area contributed by atoms with Crippen LogP contribution >= 0.6 is 0 Å². The zero-order valence-corrected chi connectivity index (χ0v) is 32.4. The van der Waals surface area contributed by atoms with Crippen LogP contribution in [0.3, 0.4) is 0 Å². The number of benzene rings is 10. The van der Waals surface area contributed by atoms with E-state index in [2.05, 4.69) is 202 Å². The van der Waals surface area contributed by atoms with Gasteiger partial charge in [-0.05, 0) is 106 Å². The zero-order chi connectivity index (χ0) is 38.5. The maximum atomic E-state index is 6.61. The summed E-state index contributed by atoms with van der Waals surface area (Å²) in [6, 6.07) is 71.3. The van der Waals surface area contributed by atoms with Crippen molar-refractivity contribution >= 4 is 54.3 Å². The van der Waals surface area contributed by atoms with Gasteiger partial charge >= 0.3 is 0 Å². The van der Waals surface area contributed by atoms with Crippen LogP contribution < -0.4 is 0 Å². The highest BCUT2D eigenvalue weighted by atomic mass is 16.3. The third-order valence-corrected chi connectivity index (χ3v) is 12.9. The number of hydrogen-bond acceptors (Lipinski definition) is 1. The van der Waals surface area contributed by atoms with Crippen LogP contribution in [0.2, 0.25) is 0 Å². The van der Waals surface area contributed by atoms with Crippen LogP contribution in [-0.2, 0) is 5.41 Å². The van der Waals surface area contributed by atoms with Gasteiger partial charge < -0.3 is 4.42 Å². The summed E-state index contributed by atoms with van der Waals surface area (Å²) in [7, 11) is 0. The minimum atomic E-state index is -0.100. The summed E-state index contributed by atoms with van der Waals surface area (Å²) in [6.07, 6.45) is 0. The molecule has 0 bridgehead atoms. The molecule has 0 radical (unpaired) electrons. The lowest BCUT2D eigenvalue weighted by Crippen LogP contribution is -2.14. The molecule has 11 aromatic rings. The second-order valence-electron chi connectivity index (χ2n) is 16.3. The Labute approximate surface area is 337 Å². The van der Waals surface area contributed by atoms with Gasteiger partial charge in [0.05, 0.1) is 0 Å². The number of rotatable bonds is 4. The SMILES string of the molecule is CC1(C)c2cccc(-c3cccc(-c4c5ccccc5c(-c5ccccc5-c5cccc6c5oc5ccccc56)c5ccccc45)c3)c2-c2c1ccc1ccccc21. The van der Waals surface area contributed by atoms with E-state index in [9.17, 15) is 0 Å². The maximum absolute atomic E-state index is 6.61. The molecule has 0 amide bonds. The fraction of sp³-hybridized carbons (Fsp3) is 0.0526. The van der Waals surface area contributed by atoms with Gasteiger partial charge in [-0.3, -0.25) is 0 Å². The van der Waals surface area contributed by atoms with Crippen LogP contribution in [0.4, 0.5) is 0 Å². The van der Waals surface area contributed by atoms with Gasteiger partial charge in [-0.1, -0.05) is 196 Å². The van der Waals surface area contributed by atoms with Crippen molar-refractivity contribution in [1.82, 2.24) is 0 Å². The Morgan fingerprint density at radius 2 is 0.862 bits per heavy atom. The standard InChI is InChI=1S/C57H38O/c1-57(2)49-30-15-27-39(55(49)54-38-19-4-3-16-35(38)32-33-50(54)57)36-17-13-18-37(34-36)52-43-23-7-9-25-45(43)53(46-26-10-8-24-44(46)52)42-22-6-5-20-40(42)47-28-14-29-48-41-21-11-12-31-51(41)58-56(47)48/h3-34H,1-2H3. The molecule has 0 unspecified atom stereocenters. The molecule has 1 heterocycles. The third-order valence-electron chi connectivity index (χ3n) is 12.9. The zero-order valence-electron chi connectivity index (χ0n) is 32.4. The third kappa shape index (κ3) is 4.65. The normalized spacial score (nSPS) is 13.1. The highest BCUT2D eigenvalue weighted by molar-refractivity contribution is 6.23. The molecule has 0 spiro atoms. The summed E-state index contributed by atoms with van der Waals surface area (Å²) in [5, 5.41) is 9.81. The Balaban J connectivity index is 1.09. The van der Waals surface area contributed by atoms with Crippen molar-refractivity contribution in [1.29, 1.82) is 0 Å². The van der Waals surface area contributed by atoms with Crippen molar-refractivity contribution in [2.75, 3.05) is 0 Å².